The van der Waals surface area contributed by atoms with Crippen LogP contribution in [-0.4, -0.2) is 17.8 Å². The van der Waals surface area contributed by atoms with Crippen molar-refractivity contribution in [3.63, 3.8) is 0 Å². The molecule has 90 valence electrons. The Kier molecular flexibility index (Phi) is 4.38. The Hall–Kier alpha value is -1.00. The summed E-state index contributed by atoms with van der Waals surface area (Å²) in [6.07, 6.45) is 0. The van der Waals surface area contributed by atoms with Crippen molar-refractivity contribution in [1.82, 2.24) is 0 Å². The molecule has 4 N–H and O–H groups in total. The lowest BCUT2D eigenvalue weighted by Crippen LogP contribution is -2.29. The van der Waals surface area contributed by atoms with Crippen LogP contribution in [0.3, 0.4) is 0 Å². The first kappa shape index (κ1) is 13.1. The maximum absolute atomic E-state index is 13.2. The zero-order chi connectivity index (χ0) is 12.3. The Balaban J connectivity index is 2.92. The number of halogens is 2. The van der Waals surface area contributed by atoms with Crippen molar-refractivity contribution in [2.24, 2.45) is 5.92 Å². The lowest BCUT2D eigenvalue weighted by molar-refractivity contribution is 0.249. The van der Waals surface area contributed by atoms with E-state index in [1.54, 1.807) is 0 Å². The number of nitrogen functional groups attached to an aromatic ring is 1. The molecule has 1 rings (SSSR count). The zero-order valence-electron chi connectivity index (χ0n) is 9.30. The maximum atomic E-state index is 13.2. The minimum absolute atomic E-state index is 0.00635. The molecule has 0 aliphatic rings. The standard InChI is InChI=1S/C11H16ClFN2O/c1-6(2)11(5-16)15-10-4-8(13)7(12)3-9(10)14/h3-4,6,11,15-16H,5,14H2,1-2H3. The first-order valence-electron chi connectivity index (χ1n) is 5.07. The predicted octanol–water partition coefficient (Wildman–Crippen LogP) is 2.49. The zero-order valence-corrected chi connectivity index (χ0v) is 10.1. The molecule has 5 heteroatoms. The lowest BCUT2D eigenvalue weighted by atomic mass is 10.0. The maximum Gasteiger partial charge on any atom is 0.143 e. The van der Waals surface area contributed by atoms with Crippen molar-refractivity contribution in [3.05, 3.63) is 23.0 Å². The van der Waals surface area contributed by atoms with Gasteiger partial charge in [0, 0.05) is 6.07 Å². The lowest BCUT2D eigenvalue weighted by Gasteiger charge is -2.22. The topological polar surface area (TPSA) is 58.3 Å². The highest BCUT2D eigenvalue weighted by Crippen LogP contribution is 2.27. The van der Waals surface area contributed by atoms with Gasteiger partial charge < -0.3 is 16.2 Å². The smallest absolute Gasteiger partial charge is 0.143 e. The normalized spacial score (nSPS) is 12.9. The molecular formula is C11H16ClFN2O. The molecule has 1 unspecified atom stereocenters. The summed E-state index contributed by atoms with van der Waals surface area (Å²) >= 11 is 5.59. The van der Waals surface area contributed by atoms with Gasteiger partial charge >= 0.3 is 0 Å². The first-order chi connectivity index (χ1) is 7.45. The average Bonchev–Trinajstić information content (AvgIpc) is 2.21. The van der Waals surface area contributed by atoms with E-state index in [9.17, 15) is 4.39 Å². The Labute approximate surface area is 99.4 Å². The molecule has 0 bridgehead atoms. The fraction of sp³-hybridized carbons (Fsp3) is 0.455. The van der Waals surface area contributed by atoms with Crippen LogP contribution in [0.25, 0.3) is 0 Å². The van der Waals surface area contributed by atoms with Crippen LogP contribution < -0.4 is 11.1 Å². The summed E-state index contributed by atoms with van der Waals surface area (Å²) < 4.78 is 13.2. The third kappa shape index (κ3) is 3.00. The van der Waals surface area contributed by atoms with Gasteiger partial charge in [-0.2, -0.15) is 0 Å². The van der Waals surface area contributed by atoms with Crippen LogP contribution in [0, 0.1) is 11.7 Å². The number of nitrogens with one attached hydrogen (secondary N) is 1. The molecule has 3 nitrogen and oxygen atoms in total. The van der Waals surface area contributed by atoms with Crippen LogP contribution in [0.2, 0.25) is 5.02 Å². The van der Waals surface area contributed by atoms with Crippen LogP contribution in [0.15, 0.2) is 12.1 Å². The molecule has 1 aromatic carbocycles. The number of nitrogens with two attached hydrogens (primary N) is 1. The van der Waals surface area contributed by atoms with Gasteiger partial charge in [0.25, 0.3) is 0 Å². The van der Waals surface area contributed by atoms with Crippen molar-refractivity contribution in [3.8, 4) is 0 Å². The van der Waals surface area contributed by atoms with E-state index in [0.29, 0.717) is 11.4 Å². The second-order valence-electron chi connectivity index (χ2n) is 4.03. The summed E-state index contributed by atoms with van der Waals surface area (Å²) in [6.45, 7) is 3.87. The summed E-state index contributed by atoms with van der Waals surface area (Å²) in [5, 5.41) is 12.1. The Morgan fingerprint density at radius 3 is 2.62 bits per heavy atom. The Bertz CT molecular complexity index is 371. The molecule has 0 amide bonds. The van der Waals surface area contributed by atoms with Gasteiger partial charge in [0.2, 0.25) is 0 Å². The van der Waals surface area contributed by atoms with Crippen LogP contribution in [0.1, 0.15) is 13.8 Å². The molecule has 0 saturated heterocycles. The van der Waals surface area contributed by atoms with E-state index in [0.717, 1.165) is 0 Å². The van der Waals surface area contributed by atoms with Crippen LogP contribution >= 0.6 is 11.6 Å². The molecule has 0 radical (unpaired) electrons. The quantitative estimate of drug-likeness (QED) is 0.716. The third-order valence-electron chi connectivity index (χ3n) is 2.43. The van der Waals surface area contributed by atoms with Crippen molar-refractivity contribution < 1.29 is 9.50 Å². The number of hydrogen-bond acceptors (Lipinski definition) is 3. The fourth-order valence-corrected chi connectivity index (χ4v) is 1.48. The summed E-state index contributed by atoms with van der Waals surface area (Å²) in [5.41, 5.74) is 6.52. The molecule has 0 spiro atoms. The molecular weight excluding hydrogens is 231 g/mol. The van der Waals surface area contributed by atoms with Crippen molar-refractivity contribution in [2.45, 2.75) is 19.9 Å². The molecule has 1 aromatic rings. The molecule has 0 aromatic heterocycles. The number of hydrogen-bond donors (Lipinski definition) is 3. The van der Waals surface area contributed by atoms with Crippen molar-refractivity contribution in [2.75, 3.05) is 17.7 Å². The third-order valence-corrected chi connectivity index (χ3v) is 2.72. The van der Waals surface area contributed by atoms with Gasteiger partial charge in [0.05, 0.1) is 29.0 Å². The number of benzene rings is 1. The average molecular weight is 247 g/mol. The number of rotatable bonds is 4. The largest absolute Gasteiger partial charge is 0.397 e. The monoisotopic (exact) mass is 246 g/mol. The van der Waals surface area contributed by atoms with E-state index in [-0.39, 0.29) is 23.6 Å². The van der Waals surface area contributed by atoms with Gasteiger partial charge in [-0.3, -0.25) is 0 Å². The van der Waals surface area contributed by atoms with Crippen molar-refractivity contribution >= 4 is 23.0 Å². The first-order valence-corrected chi connectivity index (χ1v) is 5.45. The molecule has 1 atom stereocenters. The number of anilines is 2. The highest BCUT2D eigenvalue weighted by Gasteiger charge is 2.14. The van der Waals surface area contributed by atoms with Gasteiger partial charge in [0.1, 0.15) is 5.82 Å². The van der Waals surface area contributed by atoms with Gasteiger partial charge in [-0.25, -0.2) is 4.39 Å². The molecule has 0 aliphatic heterocycles. The molecule has 0 saturated carbocycles. The van der Waals surface area contributed by atoms with Crippen LogP contribution in [0.4, 0.5) is 15.8 Å². The molecule has 0 heterocycles. The minimum atomic E-state index is -0.529. The Morgan fingerprint density at radius 1 is 1.50 bits per heavy atom. The van der Waals surface area contributed by atoms with Gasteiger partial charge in [-0.1, -0.05) is 25.4 Å². The second-order valence-corrected chi connectivity index (χ2v) is 4.44. The molecule has 0 fully saturated rings. The molecule has 16 heavy (non-hydrogen) atoms. The van der Waals surface area contributed by atoms with E-state index >= 15 is 0 Å². The van der Waals surface area contributed by atoms with E-state index < -0.39 is 5.82 Å². The van der Waals surface area contributed by atoms with Crippen molar-refractivity contribution in [1.29, 1.82) is 0 Å². The number of aliphatic hydroxyl groups excluding tert-OH is 1. The van der Waals surface area contributed by atoms with Gasteiger partial charge in [0.15, 0.2) is 0 Å². The summed E-state index contributed by atoms with van der Waals surface area (Å²) in [7, 11) is 0. The summed E-state index contributed by atoms with van der Waals surface area (Å²) in [5.74, 6) is -0.318. The number of aliphatic hydroxyl groups is 1. The van der Waals surface area contributed by atoms with Gasteiger partial charge in [-0.15, -0.1) is 0 Å². The predicted molar refractivity (Wildman–Crippen MR) is 65.2 cm³/mol. The Morgan fingerprint density at radius 2 is 2.12 bits per heavy atom. The summed E-state index contributed by atoms with van der Waals surface area (Å²) in [6, 6.07) is 2.43. The van der Waals surface area contributed by atoms with E-state index in [4.69, 9.17) is 22.4 Å². The van der Waals surface area contributed by atoms with E-state index in [1.165, 1.54) is 12.1 Å². The fourth-order valence-electron chi connectivity index (χ4n) is 1.31. The second kappa shape index (κ2) is 5.37. The minimum Gasteiger partial charge on any atom is -0.397 e. The summed E-state index contributed by atoms with van der Waals surface area (Å²) in [4.78, 5) is 0. The molecule has 0 aliphatic carbocycles. The SMILES string of the molecule is CC(C)C(CO)Nc1cc(F)c(Cl)cc1N. The van der Waals surface area contributed by atoms with Gasteiger partial charge in [-0.05, 0) is 12.0 Å². The van der Waals surface area contributed by atoms with Crippen LogP contribution in [-0.2, 0) is 0 Å². The highest BCUT2D eigenvalue weighted by molar-refractivity contribution is 6.31. The highest BCUT2D eigenvalue weighted by atomic mass is 35.5. The van der Waals surface area contributed by atoms with Crippen LogP contribution in [0.5, 0.6) is 0 Å². The van der Waals surface area contributed by atoms with E-state index in [2.05, 4.69) is 5.32 Å². The van der Waals surface area contributed by atoms with E-state index in [1.807, 2.05) is 13.8 Å².